The third-order valence-electron chi connectivity index (χ3n) is 1.94. The molecular formula is C10H9BrF2O3. The van der Waals surface area contributed by atoms with Crippen LogP contribution < -0.4 is 4.74 Å². The van der Waals surface area contributed by atoms with E-state index in [-0.39, 0.29) is 11.3 Å². The van der Waals surface area contributed by atoms with Gasteiger partial charge >= 0.3 is 5.97 Å². The fraction of sp³-hybridized carbons (Fsp3) is 0.300. The lowest BCUT2D eigenvalue weighted by molar-refractivity contribution is 0.0693. The van der Waals surface area contributed by atoms with Gasteiger partial charge in [0.05, 0.1) is 5.56 Å². The van der Waals surface area contributed by atoms with Crippen LogP contribution in [0.3, 0.4) is 0 Å². The van der Waals surface area contributed by atoms with E-state index in [1.807, 2.05) is 0 Å². The molecule has 16 heavy (non-hydrogen) atoms. The largest absolute Gasteiger partial charge is 0.487 e. The minimum absolute atomic E-state index is 0.0202. The van der Waals surface area contributed by atoms with Crippen LogP contribution in [0.25, 0.3) is 0 Å². The molecule has 0 aliphatic carbocycles. The average molecular weight is 295 g/mol. The highest BCUT2D eigenvalue weighted by atomic mass is 79.9. The van der Waals surface area contributed by atoms with Gasteiger partial charge in [0.1, 0.15) is 12.4 Å². The van der Waals surface area contributed by atoms with Gasteiger partial charge in [0, 0.05) is 10.0 Å². The maximum absolute atomic E-state index is 11.9. The highest BCUT2D eigenvalue weighted by molar-refractivity contribution is 9.10. The summed E-state index contributed by atoms with van der Waals surface area (Å²) in [4.78, 5) is 10.9. The van der Waals surface area contributed by atoms with E-state index in [0.717, 1.165) is 0 Å². The molecular weight excluding hydrogens is 286 g/mol. The zero-order valence-corrected chi connectivity index (χ0v) is 9.92. The van der Waals surface area contributed by atoms with E-state index in [2.05, 4.69) is 15.9 Å². The molecule has 0 aliphatic rings. The number of hydrogen-bond acceptors (Lipinski definition) is 2. The van der Waals surface area contributed by atoms with E-state index >= 15 is 0 Å². The molecule has 0 saturated carbocycles. The maximum Gasteiger partial charge on any atom is 0.337 e. The van der Waals surface area contributed by atoms with Gasteiger partial charge in [-0.3, -0.25) is 0 Å². The summed E-state index contributed by atoms with van der Waals surface area (Å²) in [5.74, 6) is -0.979. The Labute approximate surface area is 99.2 Å². The van der Waals surface area contributed by atoms with E-state index in [9.17, 15) is 13.6 Å². The zero-order chi connectivity index (χ0) is 12.3. The number of ether oxygens (including phenoxy) is 1. The molecule has 0 spiro atoms. The molecule has 0 atom stereocenters. The fourth-order valence-electron chi connectivity index (χ4n) is 1.23. The van der Waals surface area contributed by atoms with Crippen LogP contribution in [-0.2, 0) is 0 Å². The van der Waals surface area contributed by atoms with Crippen molar-refractivity contribution in [2.45, 2.75) is 13.3 Å². The van der Waals surface area contributed by atoms with E-state index < -0.39 is 19.0 Å². The van der Waals surface area contributed by atoms with E-state index in [1.165, 1.54) is 19.1 Å². The molecule has 0 unspecified atom stereocenters. The Hall–Kier alpha value is -1.17. The van der Waals surface area contributed by atoms with Gasteiger partial charge in [-0.05, 0) is 35.0 Å². The molecule has 0 amide bonds. The molecule has 1 aromatic rings. The summed E-state index contributed by atoms with van der Waals surface area (Å²) >= 11 is 3.08. The minimum Gasteiger partial charge on any atom is -0.487 e. The third kappa shape index (κ3) is 2.91. The van der Waals surface area contributed by atoms with E-state index in [1.54, 1.807) is 0 Å². The first-order valence-electron chi connectivity index (χ1n) is 4.36. The highest BCUT2D eigenvalue weighted by Gasteiger charge is 2.16. The van der Waals surface area contributed by atoms with Crippen molar-refractivity contribution in [3.63, 3.8) is 0 Å². The first-order valence-corrected chi connectivity index (χ1v) is 5.16. The van der Waals surface area contributed by atoms with Crippen LogP contribution in [0.2, 0.25) is 0 Å². The monoisotopic (exact) mass is 294 g/mol. The molecule has 0 heterocycles. The number of carboxylic acids is 1. The van der Waals surface area contributed by atoms with Crippen LogP contribution in [0.5, 0.6) is 5.75 Å². The Bertz CT molecular complexity index is 407. The third-order valence-corrected chi connectivity index (χ3v) is 2.60. The second-order valence-corrected chi connectivity index (χ2v) is 3.91. The van der Waals surface area contributed by atoms with Crippen LogP contribution >= 0.6 is 15.9 Å². The maximum atomic E-state index is 11.9. The quantitative estimate of drug-likeness (QED) is 0.928. The molecule has 6 heteroatoms. The Morgan fingerprint density at radius 3 is 2.69 bits per heavy atom. The van der Waals surface area contributed by atoms with Gasteiger partial charge in [-0.15, -0.1) is 0 Å². The van der Waals surface area contributed by atoms with Crippen molar-refractivity contribution in [3.8, 4) is 5.75 Å². The van der Waals surface area contributed by atoms with Gasteiger partial charge in [-0.1, -0.05) is 0 Å². The van der Waals surface area contributed by atoms with Crippen molar-refractivity contribution >= 4 is 21.9 Å². The van der Waals surface area contributed by atoms with Crippen LogP contribution in [0, 0.1) is 6.92 Å². The number of carbonyl (C=O) groups is 1. The Morgan fingerprint density at radius 1 is 1.56 bits per heavy atom. The number of rotatable bonds is 4. The van der Waals surface area contributed by atoms with Crippen molar-refractivity contribution in [1.29, 1.82) is 0 Å². The predicted octanol–water partition coefficient (Wildman–Crippen LogP) is 3.10. The molecule has 0 aliphatic heterocycles. The first-order chi connectivity index (χ1) is 7.43. The second-order valence-electron chi connectivity index (χ2n) is 3.05. The second kappa shape index (κ2) is 5.25. The van der Waals surface area contributed by atoms with E-state index in [4.69, 9.17) is 9.84 Å². The standard InChI is InChI=1S/C10H9BrF2O3/c1-5-7(16-4-8(12)13)3-2-6(11)9(5)10(14)15/h2-3,8H,4H2,1H3,(H,14,15). The molecule has 0 radical (unpaired) electrons. The van der Waals surface area contributed by atoms with Crippen molar-refractivity contribution in [2.75, 3.05) is 6.61 Å². The van der Waals surface area contributed by atoms with Crippen molar-refractivity contribution in [1.82, 2.24) is 0 Å². The highest BCUT2D eigenvalue weighted by Crippen LogP contribution is 2.28. The van der Waals surface area contributed by atoms with E-state index in [0.29, 0.717) is 10.0 Å². The van der Waals surface area contributed by atoms with Gasteiger partial charge < -0.3 is 9.84 Å². The van der Waals surface area contributed by atoms with Gasteiger partial charge in [-0.2, -0.15) is 0 Å². The summed E-state index contributed by atoms with van der Waals surface area (Å²) in [6.45, 7) is 0.760. The molecule has 3 nitrogen and oxygen atoms in total. The summed E-state index contributed by atoms with van der Waals surface area (Å²) in [6, 6.07) is 2.91. The van der Waals surface area contributed by atoms with Crippen LogP contribution in [-0.4, -0.2) is 24.1 Å². The topological polar surface area (TPSA) is 46.5 Å². The SMILES string of the molecule is Cc1c(OCC(F)F)ccc(Br)c1C(=O)O. The van der Waals surface area contributed by atoms with Gasteiger partial charge in [0.2, 0.25) is 0 Å². The van der Waals surface area contributed by atoms with Gasteiger partial charge in [-0.25, -0.2) is 13.6 Å². The molecule has 88 valence electrons. The van der Waals surface area contributed by atoms with Crippen LogP contribution in [0.4, 0.5) is 8.78 Å². The van der Waals surface area contributed by atoms with Crippen LogP contribution in [0.15, 0.2) is 16.6 Å². The molecule has 1 rings (SSSR count). The number of benzene rings is 1. The summed E-state index contributed by atoms with van der Waals surface area (Å²) < 4.78 is 29.1. The fourth-order valence-corrected chi connectivity index (χ4v) is 1.83. The normalized spacial score (nSPS) is 10.6. The van der Waals surface area contributed by atoms with Crippen molar-refractivity contribution < 1.29 is 23.4 Å². The molecule has 1 N–H and O–H groups in total. The number of halogens is 3. The number of hydrogen-bond donors (Lipinski definition) is 1. The Morgan fingerprint density at radius 2 is 2.19 bits per heavy atom. The summed E-state index contributed by atoms with van der Waals surface area (Å²) in [5.41, 5.74) is 0.342. The molecule has 0 fully saturated rings. The average Bonchev–Trinajstić information content (AvgIpc) is 2.15. The minimum atomic E-state index is -2.59. The lowest BCUT2D eigenvalue weighted by atomic mass is 10.1. The summed E-state index contributed by atoms with van der Waals surface area (Å²) in [7, 11) is 0. The smallest absolute Gasteiger partial charge is 0.337 e. The zero-order valence-electron chi connectivity index (χ0n) is 8.34. The lowest BCUT2D eigenvalue weighted by Gasteiger charge is -2.11. The van der Waals surface area contributed by atoms with Gasteiger partial charge in [0.25, 0.3) is 6.43 Å². The summed E-state index contributed by atoms with van der Waals surface area (Å²) in [6.07, 6.45) is -2.59. The first kappa shape index (κ1) is 12.9. The molecule has 0 saturated heterocycles. The number of alkyl halides is 2. The van der Waals surface area contributed by atoms with Crippen molar-refractivity contribution in [3.05, 3.63) is 27.7 Å². The van der Waals surface area contributed by atoms with Gasteiger partial charge in [0.15, 0.2) is 0 Å². The molecule has 0 bridgehead atoms. The molecule has 1 aromatic carbocycles. The van der Waals surface area contributed by atoms with Crippen LogP contribution in [0.1, 0.15) is 15.9 Å². The number of carboxylic acid groups (broad SMARTS) is 1. The number of aromatic carboxylic acids is 1. The summed E-state index contributed by atoms with van der Waals surface area (Å²) in [5, 5.41) is 8.91. The Balaban J connectivity index is 3.04. The lowest BCUT2D eigenvalue weighted by Crippen LogP contribution is -2.10. The van der Waals surface area contributed by atoms with Crippen molar-refractivity contribution in [2.24, 2.45) is 0 Å². The predicted molar refractivity (Wildman–Crippen MR) is 57.3 cm³/mol. The molecule has 0 aromatic heterocycles. The Kier molecular flexibility index (Phi) is 4.23.